The Bertz CT molecular complexity index is 394. The fourth-order valence-corrected chi connectivity index (χ4v) is 3.23. The van der Waals surface area contributed by atoms with Gasteiger partial charge in [0.05, 0.1) is 6.61 Å². The second kappa shape index (κ2) is 7.93. The highest BCUT2D eigenvalue weighted by Gasteiger charge is 2.20. The Morgan fingerprint density at radius 1 is 1.32 bits per heavy atom. The second-order valence-corrected chi connectivity index (χ2v) is 6.61. The average Bonchev–Trinajstić information content (AvgIpc) is 2.39. The first-order valence-electron chi connectivity index (χ1n) is 7.06. The van der Waals surface area contributed by atoms with Gasteiger partial charge < -0.3 is 10.4 Å². The minimum atomic E-state index is -0.128. The van der Waals surface area contributed by atoms with Crippen molar-refractivity contribution in [3.8, 4) is 0 Å². The zero-order valence-electron chi connectivity index (χ0n) is 12.6. The summed E-state index contributed by atoms with van der Waals surface area (Å²) in [5.74, 6) is 1.10. The van der Waals surface area contributed by atoms with Crippen molar-refractivity contribution in [3.05, 3.63) is 29.3 Å². The first kappa shape index (κ1) is 16.5. The van der Waals surface area contributed by atoms with Crippen LogP contribution in [0.5, 0.6) is 0 Å². The molecule has 0 radical (unpaired) electrons. The van der Waals surface area contributed by atoms with Gasteiger partial charge in [-0.15, -0.1) is 11.8 Å². The predicted octanol–water partition coefficient (Wildman–Crippen LogP) is 3.54. The Morgan fingerprint density at radius 3 is 2.68 bits per heavy atom. The number of hydrogen-bond acceptors (Lipinski definition) is 3. The monoisotopic (exact) mass is 281 g/mol. The van der Waals surface area contributed by atoms with Gasteiger partial charge in [0, 0.05) is 10.4 Å². The number of aliphatic hydroxyl groups excluding tert-OH is 1. The van der Waals surface area contributed by atoms with Crippen molar-refractivity contribution in [3.63, 3.8) is 0 Å². The molecule has 1 aromatic rings. The van der Waals surface area contributed by atoms with E-state index in [0.717, 1.165) is 25.1 Å². The minimum absolute atomic E-state index is 0.128. The lowest BCUT2D eigenvalue weighted by molar-refractivity contribution is 0.167. The zero-order valence-corrected chi connectivity index (χ0v) is 13.4. The normalized spacial score (nSPS) is 14.4. The molecule has 1 atom stereocenters. The van der Waals surface area contributed by atoms with Crippen molar-refractivity contribution < 1.29 is 5.11 Å². The summed E-state index contributed by atoms with van der Waals surface area (Å²) in [5, 5.41) is 12.8. The molecule has 1 rings (SSSR count). The van der Waals surface area contributed by atoms with Gasteiger partial charge in [-0.3, -0.25) is 0 Å². The molecule has 1 aromatic carbocycles. The van der Waals surface area contributed by atoms with Gasteiger partial charge in [-0.2, -0.15) is 0 Å². The number of rotatable bonds is 8. The number of nitrogens with one attached hydrogen (secondary N) is 1. The van der Waals surface area contributed by atoms with Crippen LogP contribution in [0.2, 0.25) is 0 Å². The Labute approximate surface area is 122 Å². The molecule has 0 saturated heterocycles. The fraction of sp³-hybridized carbons (Fsp3) is 0.625. The summed E-state index contributed by atoms with van der Waals surface area (Å²) in [6.07, 6.45) is 2.12. The van der Waals surface area contributed by atoms with Gasteiger partial charge in [-0.25, -0.2) is 0 Å². The zero-order chi connectivity index (χ0) is 14.3. The molecule has 108 valence electrons. The van der Waals surface area contributed by atoms with Gasteiger partial charge in [0.2, 0.25) is 0 Å². The quantitative estimate of drug-likeness (QED) is 0.565. The number of thioether (sulfide) groups is 1. The van der Waals surface area contributed by atoms with E-state index < -0.39 is 0 Å². The van der Waals surface area contributed by atoms with Crippen molar-refractivity contribution in [1.29, 1.82) is 0 Å². The molecule has 0 saturated carbocycles. The lowest BCUT2D eigenvalue weighted by atomic mass is 9.97. The highest BCUT2D eigenvalue weighted by molar-refractivity contribution is 7.99. The molecular formula is C16H27NOS. The average molecular weight is 281 g/mol. The maximum Gasteiger partial charge on any atom is 0.0610 e. The number of aryl methyl sites for hydroxylation is 2. The molecule has 0 aliphatic carbocycles. The summed E-state index contributed by atoms with van der Waals surface area (Å²) >= 11 is 1.92. The third kappa shape index (κ3) is 5.55. The fourth-order valence-electron chi connectivity index (χ4n) is 2.16. The highest BCUT2D eigenvalue weighted by atomic mass is 32.2. The van der Waals surface area contributed by atoms with Crippen LogP contribution in [-0.4, -0.2) is 29.5 Å². The number of aliphatic hydroxyl groups is 1. The second-order valence-electron chi connectivity index (χ2n) is 5.47. The molecule has 0 amide bonds. The summed E-state index contributed by atoms with van der Waals surface area (Å²) < 4.78 is 0. The molecule has 0 spiro atoms. The predicted molar refractivity (Wildman–Crippen MR) is 85.0 cm³/mol. The lowest BCUT2D eigenvalue weighted by Gasteiger charge is -2.28. The van der Waals surface area contributed by atoms with E-state index >= 15 is 0 Å². The molecular weight excluding hydrogens is 254 g/mol. The minimum Gasteiger partial charge on any atom is -0.394 e. The van der Waals surface area contributed by atoms with Crippen LogP contribution < -0.4 is 5.32 Å². The van der Waals surface area contributed by atoms with Gasteiger partial charge in [-0.1, -0.05) is 24.6 Å². The maximum absolute atomic E-state index is 9.44. The first-order chi connectivity index (χ1) is 9.00. The van der Waals surface area contributed by atoms with E-state index in [1.807, 2.05) is 11.8 Å². The standard InChI is InChI=1S/C16H27NOS/c1-5-17-16(4,12-18)9-6-10-19-15-11-13(2)7-8-14(15)3/h7-8,11,17-18H,5-6,9-10,12H2,1-4H3. The molecule has 2 N–H and O–H groups in total. The molecule has 1 unspecified atom stereocenters. The molecule has 0 bridgehead atoms. The third-order valence-electron chi connectivity index (χ3n) is 3.43. The van der Waals surface area contributed by atoms with E-state index in [1.165, 1.54) is 16.0 Å². The summed E-state index contributed by atoms with van der Waals surface area (Å²) in [7, 11) is 0. The Kier molecular flexibility index (Phi) is 6.90. The van der Waals surface area contributed by atoms with E-state index in [9.17, 15) is 5.11 Å². The number of hydrogen-bond donors (Lipinski definition) is 2. The lowest BCUT2D eigenvalue weighted by Crippen LogP contribution is -2.45. The van der Waals surface area contributed by atoms with E-state index in [4.69, 9.17) is 0 Å². The smallest absolute Gasteiger partial charge is 0.0610 e. The van der Waals surface area contributed by atoms with Crippen molar-refractivity contribution in [1.82, 2.24) is 5.32 Å². The molecule has 0 aromatic heterocycles. The van der Waals surface area contributed by atoms with E-state index in [1.54, 1.807) is 0 Å². The topological polar surface area (TPSA) is 32.3 Å². The van der Waals surface area contributed by atoms with Crippen molar-refractivity contribution in [2.24, 2.45) is 0 Å². The molecule has 3 heteroatoms. The van der Waals surface area contributed by atoms with Gasteiger partial charge in [0.15, 0.2) is 0 Å². The molecule has 0 heterocycles. The molecule has 19 heavy (non-hydrogen) atoms. The van der Waals surface area contributed by atoms with Gasteiger partial charge in [-0.05, 0) is 57.5 Å². The number of likely N-dealkylation sites (N-methyl/N-ethyl adjacent to an activating group) is 1. The van der Waals surface area contributed by atoms with Gasteiger partial charge in [0.1, 0.15) is 0 Å². The van der Waals surface area contributed by atoms with Crippen molar-refractivity contribution >= 4 is 11.8 Å². The highest BCUT2D eigenvalue weighted by Crippen LogP contribution is 2.25. The van der Waals surface area contributed by atoms with Crippen LogP contribution in [0.25, 0.3) is 0 Å². The molecule has 2 nitrogen and oxygen atoms in total. The Hall–Kier alpha value is -0.510. The summed E-state index contributed by atoms with van der Waals surface area (Å²) in [6.45, 7) is 9.59. The van der Waals surface area contributed by atoms with Crippen LogP contribution in [-0.2, 0) is 0 Å². The van der Waals surface area contributed by atoms with E-state index in [0.29, 0.717) is 0 Å². The summed E-state index contributed by atoms with van der Waals surface area (Å²) in [6, 6.07) is 6.61. The van der Waals surface area contributed by atoms with Crippen LogP contribution >= 0.6 is 11.8 Å². The Morgan fingerprint density at radius 2 is 2.05 bits per heavy atom. The van der Waals surface area contributed by atoms with Crippen molar-refractivity contribution in [2.75, 3.05) is 18.9 Å². The van der Waals surface area contributed by atoms with E-state index in [2.05, 4.69) is 51.2 Å². The van der Waals surface area contributed by atoms with Crippen LogP contribution in [0.1, 0.15) is 37.8 Å². The van der Waals surface area contributed by atoms with Crippen LogP contribution in [0.4, 0.5) is 0 Å². The van der Waals surface area contributed by atoms with E-state index in [-0.39, 0.29) is 12.1 Å². The number of benzene rings is 1. The molecule has 0 fully saturated rings. The summed E-state index contributed by atoms with van der Waals surface area (Å²) in [5.41, 5.74) is 2.55. The van der Waals surface area contributed by atoms with Crippen LogP contribution in [0.15, 0.2) is 23.1 Å². The van der Waals surface area contributed by atoms with Gasteiger partial charge in [0.25, 0.3) is 0 Å². The maximum atomic E-state index is 9.44. The third-order valence-corrected chi connectivity index (χ3v) is 4.67. The van der Waals surface area contributed by atoms with Crippen molar-refractivity contribution in [2.45, 2.75) is 51.0 Å². The largest absolute Gasteiger partial charge is 0.394 e. The molecule has 0 aliphatic heterocycles. The SMILES string of the molecule is CCNC(C)(CO)CCCSc1cc(C)ccc1C. The van der Waals surface area contributed by atoms with Gasteiger partial charge >= 0.3 is 0 Å². The Balaban J connectivity index is 2.40. The van der Waals surface area contributed by atoms with Crippen LogP contribution in [0.3, 0.4) is 0 Å². The first-order valence-corrected chi connectivity index (χ1v) is 8.05. The summed E-state index contributed by atoms with van der Waals surface area (Å²) in [4.78, 5) is 1.38. The van der Waals surface area contributed by atoms with Crippen LogP contribution in [0, 0.1) is 13.8 Å². The molecule has 0 aliphatic rings.